The van der Waals surface area contributed by atoms with Gasteiger partial charge in [0.15, 0.2) is 0 Å². The number of benzene rings is 1. The number of rotatable bonds is 5. The van der Waals surface area contributed by atoms with Gasteiger partial charge in [-0.05, 0) is 42.7 Å². The second-order valence-corrected chi connectivity index (χ2v) is 4.10. The van der Waals surface area contributed by atoms with Crippen molar-refractivity contribution in [3.05, 3.63) is 30.1 Å². The van der Waals surface area contributed by atoms with E-state index in [-0.39, 0.29) is 11.9 Å². The van der Waals surface area contributed by atoms with Crippen LogP contribution in [0.2, 0.25) is 0 Å². The summed E-state index contributed by atoms with van der Waals surface area (Å²) in [6, 6.07) is 8.01. The maximum atomic E-state index is 12.6. The highest BCUT2D eigenvalue weighted by molar-refractivity contribution is 7.98. The van der Waals surface area contributed by atoms with Crippen molar-refractivity contribution in [3.63, 3.8) is 0 Å². The summed E-state index contributed by atoms with van der Waals surface area (Å²) in [4.78, 5) is 0. The van der Waals surface area contributed by atoms with Gasteiger partial charge < -0.3 is 5.32 Å². The lowest BCUT2D eigenvalue weighted by molar-refractivity contribution is 0.628. The molecule has 1 N–H and O–H groups in total. The molecular formula is C11H13FN2S. The molecule has 0 saturated carbocycles. The maximum Gasteiger partial charge on any atom is 0.123 e. The van der Waals surface area contributed by atoms with Gasteiger partial charge >= 0.3 is 0 Å². The van der Waals surface area contributed by atoms with E-state index in [4.69, 9.17) is 5.26 Å². The van der Waals surface area contributed by atoms with E-state index in [1.807, 2.05) is 6.26 Å². The number of nitriles is 1. The van der Waals surface area contributed by atoms with E-state index >= 15 is 0 Å². The third-order valence-electron chi connectivity index (χ3n) is 1.95. The zero-order valence-corrected chi connectivity index (χ0v) is 9.35. The van der Waals surface area contributed by atoms with Gasteiger partial charge in [0.1, 0.15) is 11.9 Å². The fraction of sp³-hybridized carbons (Fsp3) is 0.364. The summed E-state index contributed by atoms with van der Waals surface area (Å²) in [5.74, 6) is 0.671. The number of halogens is 1. The second kappa shape index (κ2) is 6.31. The third kappa shape index (κ3) is 4.22. The number of thioether (sulfide) groups is 1. The van der Waals surface area contributed by atoms with Crippen LogP contribution in [0.4, 0.5) is 10.1 Å². The van der Waals surface area contributed by atoms with Crippen LogP contribution in [0.5, 0.6) is 0 Å². The van der Waals surface area contributed by atoms with E-state index in [0.29, 0.717) is 0 Å². The lowest BCUT2D eigenvalue weighted by atomic mass is 10.2. The van der Waals surface area contributed by atoms with Crippen LogP contribution in [-0.4, -0.2) is 18.1 Å². The van der Waals surface area contributed by atoms with Gasteiger partial charge in [-0.25, -0.2) is 4.39 Å². The summed E-state index contributed by atoms with van der Waals surface area (Å²) in [5.41, 5.74) is 0.782. The van der Waals surface area contributed by atoms with E-state index in [0.717, 1.165) is 17.9 Å². The molecule has 0 radical (unpaired) electrons. The predicted octanol–water partition coefficient (Wildman–Crippen LogP) is 2.88. The van der Waals surface area contributed by atoms with Crippen LogP contribution in [0.3, 0.4) is 0 Å². The van der Waals surface area contributed by atoms with Crippen molar-refractivity contribution >= 4 is 17.4 Å². The molecule has 0 saturated heterocycles. The molecule has 1 atom stereocenters. The van der Waals surface area contributed by atoms with E-state index in [1.54, 1.807) is 23.9 Å². The van der Waals surface area contributed by atoms with Gasteiger partial charge in [0.2, 0.25) is 0 Å². The van der Waals surface area contributed by atoms with Crippen LogP contribution >= 0.6 is 11.8 Å². The van der Waals surface area contributed by atoms with E-state index in [9.17, 15) is 4.39 Å². The zero-order chi connectivity index (χ0) is 11.1. The Balaban J connectivity index is 2.52. The Labute approximate surface area is 93.5 Å². The first-order chi connectivity index (χ1) is 7.26. The maximum absolute atomic E-state index is 12.6. The van der Waals surface area contributed by atoms with Crippen molar-refractivity contribution in [1.29, 1.82) is 5.26 Å². The van der Waals surface area contributed by atoms with Gasteiger partial charge in [0.25, 0.3) is 0 Å². The molecule has 1 rings (SSSR count). The number of hydrogen-bond donors (Lipinski definition) is 1. The Morgan fingerprint density at radius 2 is 2.13 bits per heavy atom. The normalized spacial score (nSPS) is 11.8. The van der Waals surface area contributed by atoms with Crippen LogP contribution in [0, 0.1) is 17.1 Å². The summed E-state index contributed by atoms with van der Waals surface area (Å²) >= 11 is 1.71. The van der Waals surface area contributed by atoms with Crippen molar-refractivity contribution in [1.82, 2.24) is 0 Å². The number of nitrogens with zero attached hydrogens (tertiary/aromatic N) is 1. The molecule has 80 valence electrons. The lowest BCUT2D eigenvalue weighted by Gasteiger charge is -2.11. The van der Waals surface area contributed by atoms with Crippen LogP contribution in [0.25, 0.3) is 0 Å². The fourth-order valence-corrected chi connectivity index (χ4v) is 1.62. The minimum absolute atomic E-state index is 0.206. The molecule has 0 bridgehead atoms. The van der Waals surface area contributed by atoms with E-state index in [2.05, 4.69) is 11.4 Å². The largest absolute Gasteiger partial charge is 0.370 e. The van der Waals surface area contributed by atoms with Crippen molar-refractivity contribution in [2.24, 2.45) is 0 Å². The molecule has 1 aromatic rings. The third-order valence-corrected chi connectivity index (χ3v) is 2.60. The Hall–Kier alpha value is -1.21. The summed E-state index contributed by atoms with van der Waals surface area (Å²) in [6.45, 7) is 0. The molecule has 0 fully saturated rings. The molecule has 0 aliphatic heterocycles. The zero-order valence-electron chi connectivity index (χ0n) is 8.53. The van der Waals surface area contributed by atoms with Crippen molar-refractivity contribution in [3.8, 4) is 6.07 Å². The standard InChI is InChI=1S/C11H13FN2S/c1-15-7-6-11(8-13)14-10-4-2-9(12)3-5-10/h2-5,11,14H,6-7H2,1H3. The molecule has 1 aromatic carbocycles. The number of hydrogen-bond acceptors (Lipinski definition) is 3. The van der Waals surface area contributed by atoms with Gasteiger partial charge in [-0.1, -0.05) is 0 Å². The second-order valence-electron chi connectivity index (χ2n) is 3.11. The van der Waals surface area contributed by atoms with Crippen LogP contribution in [0.15, 0.2) is 24.3 Å². The molecule has 0 amide bonds. The number of nitrogens with one attached hydrogen (secondary N) is 1. The highest BCUT2D eigenvalue weighted by Gasteiger charge is 2.05. The molecular weight excluding hydrogens is 211 g/mol. The molecule has 0 spiro atoms. The predicted molar refractivity (Wildman–Crippen MR) is 62.4 cm³/mol. The van der Waals surface area contributed by atoms with Crippen LogP contribution in [0.1, 0.15) is 6.42 Å². The average Bonchev–Trinajstić information content (AvgIpc) is 2.27. The molecule has 1 unspecified atom stereocenters. The fourth-order valence-electron chi connectivity index (χ4n) is 1.15. The van der Waals surface area contributed by atoms with Gasteiger partial charge in [0, 0.05) is 5.69 Å². The molecule has 0 heterocycles. The Kier molecular flexibility index (Phi) is 4.99. The lowest BCUT2D eigenvalue weighted by Crippen LogP contribution is -2.17. The SMILES string of the molecule is CSCCC(C#N)Nc1ccc(F)cc1. The van der Waals surface area contributed by atoms with E-state index in [1.165, 1.54) is 12.1 Å². The highest BCUT2D eigenvalue weighted by atomic mass is 32.2. The monoisotopic (exact) mass is 224 g/mol. The first kappa shape index (κ1) is 11.9. The Morgan fingerprint density at radius 3 is 2.67 bits per heavy atom. The summed E-state index contributed by atoms with van der Waals surface area (Å²) in [6.07, 6.45) is 2.79. The Morgan fingerprint density at radius 1 is 1.47 bits per heavy atom. The van der Waals surface area contributed by atoms with Gasteiger partial charge in [-0.2, -0.15) is 17.0 Å². The van der Waals surface area contributed by atoms with Gasteiger partial charge in [-0.3, -0.25) is 0 Å². The van der Waals surface area contributed by atoms with Gasteiger partial charge in [0.05, 0.1) is 6.07 Å². The quantitative estimate of drug-likeness (QED) is 0.835. The first-order valence-electron chi connectivity index (χ1n) is 4.67. The molecule has 0 aromatic heterocycles. The minimum Gasteiger partial charge on any atom is -0.370 e. The summed E-state index contributed by atoms with van der Waals surface area (Å²) in [7, 11) is 0. The molecule has 2 nitrogen and oxygen atoms in total. The highest BCUT2D eigenvalue weighted by Crippen LogP contribution is 2.11. The van der Waals surface area contributed by atoms with Crippen molar-refractivity contribution in [2.45, 2.75) is 12.5 Å². The topological polar surface area (TPSA) is 35.8 Å². The molecule has 15 heavy (non-hydrogen) atoms. The molecule has 4 heteroatoms. The first-order valence-corrected chi connectivity index (χ1v) is 6.06. The molecule has 0 aliphatic rings. The molecule has 0 aliphatic carbocycles. The average molecular weight is 224 g/mol. The van der Waals surface area contributed by atoms with Gasteiger partial charge in [-0.15, -0.1) is 0 Å². The summed E-state index contributed by atoms with van der Waals surface area (Å²) in [5, 5.41) is 11.9. The van der Waals surface area contributed by atoms with Crippen LogP contribution < -0.4 is 5.32 Å². The Bertz CT molecular complexity index is 331. The minimum atomic E-state index is -0.266. The van der Waals surface area contributed by atoms with Crippen LogP contribution in [-0.2, 0) is 0 Å². The number of anilines is 1. The summed E-state index contributed by atoms with van der Waals surface area (Å²) < 4.78 is 12.6. The van der Waals surface area contributed by atoms with E-state index < -0.39 is 0 Å². The van der Waals surface area contributed by atoms with Crippen molar-refractivity contribution in [2.75, 3.05) is 17.3 Å². The van der Waals surface area contributed by atoms with Crippen molar-refractivity contribution < 1.29 is 4.39 Å². The smallest absolute Gasteiger partial charge is 0.123 e.